The Balaban J connectivity index is 2.60. The molecule has 0 atom stereocenters. The van der Waals surface area contributed by atoms with E-state index >= 15 is 0 Å². The van der Waals surface area contributed by atoms with Gasteiger partial charge < -0.3 is 4.74 Å². The van der Waals surface area contributed by atoms with Gasteiger partial charge >= 0.3 is 0 Å². The van der Waals surface area contributed by atoms with Gasteiger partial charge in [-0.1, -0.05) is 19.8 Å². The molecule has 0 aliphatic carbocycles. The number of hydrogen-bond acceptors (Lipinski definition) is 1. The minimum atomic E-state index is 0.903. The molecular formula is C8H17O. The summed E-state index contributed by atoms with van der Waals surface area (Å²) in [7, 11) is 1.75. The first-order valence-corrected chi connectivity index (χ1v) is 3.72. The molecule has 0 aromatic carbocycles. The van der Waals surface area contributed by atoms with Crippen molar-refractivity contribution in [3.8, 4) is 0 Å². The molecule has 0 aromatic heterocycles. The zero-order valence-corrected chi connectivity index (χ0v) is 6.52. The first kappa shape index (κ1) is 8.96. The molecule has 9 heavy (non-hydrogen) atoms. The Morgan fingerprint density at radius 1 is 1.33 bits per heavy atom. The van der Waals surface area contributed by atoms with Gasteiger partial charge in [-0.05, 0) is 19.3 Å². The standard InChI is InChI=1S/C8H17O/c1-3-4-5-6-7-8-9-2/h5H,3-4,6-8H2,1-2H3. The Bertz CT molecular complexity index is 37.8. The van der Waals surface area contributed by atoms with Gasteiger partial charge in [0, 0.05) is 13.7 Å². The number of methoxy groups -OCH3 is 1. The molecule has 0 rings (SSSR count). The maximum Gasteiger partial charge on any atom is 0.0462 e. The van der Waals surface area contributed by atoms with E-state index in [1.54, 1.807) is 7.11 Å². The molecular weight excluding hydrogens is 112 g/mol. The second kappa shape index (κ2) is 7.96. The molecule has 0 bridgehead atoms. The second-order valence-electron chi connectivity index (χ2n) is 2.21. The molecule has 0 aromatic rings. The predicted octanol–water partition coefficient (Wildman–Crippen LogP) is 2.42. The first-order chi connectivity index (χ1) is 4.41. The van der Waals surface area contributed by atoms with Gasteiger partial charge in [0.1, 0.15) is 0 Å². The zero-order chi connectivity index (χ0) is 6.95. The van der Waals surface area contributed by atoms with Crippen molar-refractivity contribution >= 4 is 0 Å². The number of ether oxygens (including phenoxy) is 1. The highest BCUT2D eigenvalue weighted by Crippen LogP contribution is 1.99. The molecule has 0 spiro atoms. The summed E-state index contributed by atoms with van der Waals surface area (Å²) in [5, 5.41) is 0. The van der Waals surface area contributed by atoms with E-state index in [0.717, 1.165) is 6.61 Å². The average molecular weight is 129 g/mol. The van der Waals surface area contributed by atoms with Crippen LogP contribution in [0.4, 0.5) is 0 Å². The maximum absolute atomic E-state index is 4.90. The topological polar surface area (TPSA) is 9.23 Å². The van der Waals surface area contributed by atoms with Crippen LogP contribution in [0.3, 0.4) is 0 Å². The summed E-state index contributed by atoms with van der Waals surface area (Å²) in [6, 6.07) is 0. The van der Waals surface area contributed by atoms with Gasteiger partial charge in [-0.2, -0.15) is 0 Å². The quantitative estimate of drug-likeness (QED) is 0.500. The lowest BCUT2D eigenvalue weighted by Crippen LogP contribution is -1.87. The summed E-state index contributed by atoms with van der Waals surface area (Å²) in [5.74, 6) is 0. The fraction of sp³-hybridized carbons (Fsp3) is 0.875. The Hall–Kier alpha value is -0.0400. The number of hydrogen-bond donors (Lipinski definition) is 0. The number of unbranched alkanes of at least 4 members (excludes halogenated alkanes) is 4. The van der Waals surface area contributed by atoms with Gasteiger partial charge in [0.25, 0.3) is 0 Å². The zero-order valence-electron chi connectivity index (χ0n) is 6.52. The largest absolute Gasteiger partial charge is 0.385 e. The predicted molar refractivity (Wildman–Crippen MR) is 40.3 cm³/mol. The molecule has 0 saturated carbocycles. The molecule has 0 aliphatic rings. The van der Waals surface area contributed by atoms with Crippen molar-refractivity contribution in [1.29, 1.82) is 0 Å². The normalized spacial score (nSPS) is 10.0. The van der Waals surface area contributed by atoms with Crippen LogP contribution in [0, 0.1) is 6.42 Å². The summed E-state index contributed by atoms with van der Waals surface area (Å²) in [6.07, 6.45) is 7.24. The maximum atomic E-state index is 4.90. The van der Waals surface area contributed by atoms with Crippen molar-refractivity contribution in [1.82, 2.24) is 0 Å². The van der Waals surface area contributed by atoms with E-state index in [1.165, 1.54) is 25.7 Å². The third kappa shape index (κ3) is 7.96. The molecule has 0 saturated heterocycles. The Morgan fingerprint density at radius 2 is 2.11 bits per heavy atom. The van der Waals surface area contributed by atoms with Gasteiger partial charge in [0.2, 0.25) is 0 Å². The Labute approximate surface area is 58.4 Å². The highest BCUT2D eigenvalue weighted by atomic mass is 16.5. The smallest absolute Gasteiger partial charge is 0.0462 e. The van der Waals surface area contributed by atoms with E-state index in [2.05, 4.69) is 13.3 Å². The molecule has 1 radical (unpaired) electrons. The van der Waals surface area contributed by atoms with Gasteiger partial charge in [0.05, 0.1) is 0 Å². The van der Waals surface area contributed by atoms with Crippen molar-refractivity contribution in [2.45, 2.75) is 32.6 Å². The number of rotatable bonds is 6. The minimum Gasteiger partial charge on any atom is -0.385 e. The molecule has 0 N–H and O–H groups in total. The highest BCUT2D eigenvalue weighted by Gasteiger charge is 1.86. The highest BCUT2D eigenvalue weighted by molar-refractivity contribution is 4.62. The van der Waals surface area contributed by atoms with E-state index < -0.39 is 0 Å². The van der Waals surface area contributed by atoms with Gasteiger partial charge in [-0.15, -0.1) is 0 Å². The van der Waals surface area contributed by atoms with Crippen LogP contribution < -0.4 is 0 Å². The van der Waals surface area contributed by atoms with Crippen LogP contribution in [0.25, 0.3) is 0 Å². The van der Waals surface area contributed by atoms with Gasteiger partial charge in [-0.3, -0.25) is 0 Å². The molecule has 1 nitrogen and oxygen atoms in total. The van der Waals surface area contributed by atoms with E-state index in [-0.39, 0.29) is 0 Å². The molecule has 0 unspecified atom stereocenters. The van der Waals surface area contributed by atoms with Crippen molar-refractivity contribution in [2.75, 3.05) is 13.7 Å². The summed E-state index contributed by atoms with van der Waals surface area (Å²) < 4.78 is 4.90. The second-order valence-corrected chi connectivity index (χ2v) is 2.21. The molecule has 1 heteroatoms. The van der Waals surface area contributed by atoms with Crippen LogP contribution in [0.15, 0.2) is 0 Å². The lowest BCUT2D eigenvalue weighted by molar-refractivity contribution is 0.194. The molecule has 0 amide bonds. The summed E-state index contributed by atoms with van der Waals surface area (Å²) in [6.45, 7) is 3.10. The van der Waals surface area contributed by atoms with E-state index in [4.69, 9.17) is 4.74 Å². The first-order valence-electron chi connectivity index (χ1n) is 3.72. The van der Waals surface area contributed by atoms with Crippen LogP contribution in [-0.4, -0.2) is 13.7 Å². The third-order valence-electron chi connectivity index (χ3n) is 1.25. The van der Waals surface area contributed by atoms with Gasteiger partial charge in [0.15, 0.2) is 0 Å². The van der Waals surface area contributed by atoms with Crippen LogP contribution in [0.2, 0.25) is 0 Å². The third-order valence-corrected chi connectivity index (χ3v) is 1.25. The fourth-order valence-electron chi connectivity index (χ4n) is 0.720. The Morgan fingerprint density at radius 3 is 2.67 bits per heavy atom. The average Bonchev–Trinajstić information content (AvgIpc) is 1.89. The summed E-state index contributed by atoms with van der Waals surface area (Å²) in [4.78, 5) is 0. The van der Waals surface area contributed by atoms with Crippen LogP contribution in [0.5, 0.6) is 0 Å². The Kier molecular flexibility index (Phi) is 7.92. The van der Waals surface area contributed by atoms with Gasteiger partial charge in [-0.25, -0.2) is 0 Å². The van der Waals surface area contributed by atoms with E-state index in [0.29, 0.717) is 0 Å². The van der Waals surface area contributed by atoms with Crippen LogP contribution >= 0.6 is 0 Å². The van der Waals surface area contributed by atoms with Crippen molar-refractivity contribution in [3.63, 3.8) is 0 Å². The van der Waals surface area contributed by atoms with E-state index in [1.807, 2.05) is 0 Å². The van der Waals surface area contributed by atoms with Crippen LogP contribution in [-0.2, 0) is 4.74 Å². The molecule has 0 aliphatic heterocycles. The summed E-state index contributed by atoms with van der Waals surface area (Å²) in [5.41, 5.74) is 0. The monoisotopic (exact) mass is 129 g/mol. The SMILES string of the molecule is CCC[CH]CCCOC. The van der Waals surface area contributed by atoms with Crippen molar-refractivity contribution in [3.05, 3.63) is 6.42 Å². The minimum absolute atomic E-state index is 0.903. The van der Waals surface area contributed by atoms with E-state index in [9.17, 15) is 0 Å². The van der Waals surface area contributed by atoms with Crippen molar-refractivity contribution in [2.24, 2.45) is 0 Å². The van der Waals surface area contributed by atoms with Crippen molar-refractivity contribution < 1.29 is 4.74 Å². The lowest BCUT2D eigenvalue weighted by atomic mass is 10.2. The summed E-state index contributed by atoms with van der Waals surface area (Å²) >= 11 is 0. The fourth-order valence-corrected chi connectivity index (χ4v) is 0.720. The molecule has 55 valence electrons. The van der Waals surface area contributed by atoms with Crippen LogP contribution in [0.1, 0.15) is 32.6 Å². The molecule has 0 fully saturated rings. The lowest BCUT2D eigenvalue weighted by Gasteiger charge is -1.96. The molecule has 0 heterocycles.